The van der Waals surface area contributed by atoms with Crippen LogP contribution in [0.1, 0.15) is 27.7 Å². The Bertz CT molecular complexity index is 1420. The SMILES string of the molecule is O=C(c1ccc(N(Cc2ccc(-c3noc(C(F)(F)F)n3)s2)c2cnccn2)nn1)N1CCC12COC2. The molecule has 0 saturated carbocycles. The highest BCUT2D eigenvalue weighted by Crippen LogP contribution is 2.38. The van der Waals surface area contributed by atoms with E-state index in [1.54, 1.807) is 40.3 Å². The number of ether oxygens (including phenoxy) is 1. The molecule has 0 unspecified atom stereocenters. The van der Waals surface area contributed by atoms with Gasteiger partial charge < -0.3 is 19.1 Å². The fraction of sp³-hybridized carbons (Fsp3) is 0.318. The molecule has 190 valence electrons. The summed E-state index contributed by atoms with van der Waals surface area (Å²) in [4.78, 5) is 29.5. The highest BCUT2D eigenvalue weighted by molar-refractivity contribution is 7.15. The summed E-state index contributed by atoms with van der Waals surface area (Å²) in [5, 5.41) is 11.9. The van der Waals surface area contributed by atoms with E-state index in [-0.39, 0.29) is 29.5 Å². The number of hydrogen-bond acceptors (Lipinski definition) is 11. The normalized spacial score (nSPS) is 16.4. The molecule has 1 amide bonds. The lowest BCUT2D eigenvalue weighted by atomic mass is 9.82. The van der Waals surface area contributed by atoms with Gasteiger partial charge in [0.25, 0.3) is 5.91 Å². The van der Waals surface area contributed by atoms with Gasteiger partial charge in [-0.05, 0) is 30.7 Å². The predicted molar refractivity (Wildman–Crippen MR) is 122 cm³/mol. The molecular weight excluding hydrogens is 513 g/mol. The van der Waals surface area contributed by atoms with Gasteiger partial charge in [0.15, 0.2) is 17.3 Å². The largest absolute Gasteiger partial charge is 0.471 e. The number of aromatic nitrogens is 6. The number of carbonyl (C=O) groups excluding carboxylic acids is 1. The van der Waals surface area contributed by atoms with Crippen molar-refractivity contribution >= 4 is 28.9 Å². The maximum atomic E-state index is 12.9. The first kappa shape index (κ1) is 23.4. The Hall–Kier alpha value is -3.98. The van der Waals surface area contributed by atoms with Crippen LogP contribution in [0.15, 0.2) is 47.4 Å². The van der Waals surface area contributed by atoms with Crippen LogP contribution < -0.4 is 4.90 Å². The van der Waals surface area contributed by atoms with E-state index in [0.717, 1.165) is 11.3 Å². The smallest absolute Gasteiger partial charge is 0.376 e. The minimum atomic E-state index is -4.72. The number of alkyl halides is 3. The van der Waals surface area contributed by atoms with Gasteiger partial charge in [0.1, 0.15) is 0 Å². The number of anilines is 2. The molecule has 0 radical (unpaired) electrons. The maximum absolute atomic E-state index is 12.9. The van der Waals surface area contributed by atoms with Crippen molar-refractivity contribution in [3.8, 4) is 10.7 Å². The van der Waals surface area contributed by atoms with Crippen LogP contribution in [0.5, 0.6) is 0 Å². The molecule has 0 bridgehead atoms. The molecule has 0 aliphatic carbocycles. The monoisotopic (exact) mass is 530 g/mol. The Kier molecular flexibility index (Phi) is 5.60. The number of thiophene rings is 1. The Labute approximate surface area is 210 Å². The molecular formula is C22H17F3N8O3S. The van der Waals surface area contributed by atoms with E-state index in [1.807, 2.05) is 0 Å². The first-order chi connectivity index (χ1) is 17.8. The molecule has 6 heterocycles. The van der Waals surface area contributed by atoms with Crippen molar-refractivity contribution in [3.05, 3.63) is 59.3 Å². The lowest BCUT2D eigenvalue weighted by Crippen LogP contribution is -2.72. The van der Waals surface area contributed by atoms with Crippen LogP contribution in [0, 0.1) is 0 Å². The van der Waals surface area contributed by atoms with E-state index >= 15 is 0 Å². The van der Waals surface area contributed by atoms with Crippen molar-refractivity contribution < 1.29 is 27.2 Å². The molecule has 2 fully saturated rings. The molecule has 2 aliphatic rings. The van der Waals surface area contributed by atoms with E-state index in [2.05, 4.69) is 34.8 Å². The zero-order valence-electron chi connectivity index (χ0n) is 18.9. The van der Waals surface area contributed by atoms with Gasteiger partial charge in [-0.2, -0.15) is 18.2 Å². The summed E-state index contributed by atoms with van der Waals surface area (Å²) >= 11 is 1.20. The summed E-state index contributed by atoms with van der Waals surface area (Å²) < 4.78 is 48.1. The van der Waals surface area contributed by atoms with E-state index < -0.39 is 12.1 Å². The standard InChI is InChI=1S/C22H17F3N8O3S/c23-22(24,25)20-28-18(31-36-20)15-3-1-13(37-15)10-32(17-9-26-6-7-27-17)16-4-2-14(29-30-16)19(34)33-8-5-21(33)11-35-12-21/h1-4,6-7,9H,5,8,10-12H2. The number of likely N-dealkylation sites (tertiary alicyclic amines) is 1. The van der Waals surface area contributed by atoms with Crippen molar-refractivity contribution in [3.63, 3.8) is 0 Å². The third kappa shape index (κ3) is 4.29. The Balaban J connectivity index is 1.24. The lowest BCUT2D eigenvalue weighted by molar-refractivity contribution is -0.172. The Morgan fingerprint density at radius 1 is 1.14 bits per heavy atom. The molecule has 37 heavy (non-hydrogen) atoms. The molecule has 0 aromatic carbocycles. The number of carbonyl (C=O) groups is 1. The van der Waals surface area contributed by atoms with E-state index in [4.69, 9.17) is 4.74 Å². The second-order valence-corrected chi connectivity index (χ2v) is 9.71. The van der Waals surface area contributed by atoms with Crippen LogP contribution in [0.4, 0.5) is 24.8 Å². The third-order valence-corrected chi connectivity index (χ3v) is 7.26. The van der Waals surface area contributed by atoms with Crippen molar-refractivity contribution in [1.82, 2.24) is 35.2 Å². The van der Waals surface area contributed by atoms with Crippen LogP contribution in [0.3, 0.4) is 0 Å². The lowest BCUT2D eigenvalue weighted by Gasteiger charge is -2.57. The number of amides is 1. The first-order valence-electron chi connectivity index (χ1n) is 11.1. The highest BCUT2D eigenvalue weighted by atomic mass is 32.1. The van der Waals surface area contributed by atoms with Gasteiger partial charge in [-0.1, -0.05) is 5.16 Å². The molecule has 2 aliphatic heterocycles. The van der Waals surface area contributed by atoms with E-state index in [1.165, 1.54) is 23.7 Å². The first-order valence-corrected chi connectivity index (χ1v) is 11.9. The molecule has 0 N–H and O–H groups in total. The number of halogens is 3. The van der Waals surface area contributed by atoms with Crippen molar-refractivity contribution in [2.45, 2.75) is 24.7 Å². The summed E-state index contributed by atoms with van der Waals surface area (Å²) in [5.41, 5.74) is 0.0179. The van der Waals surface area contributed by atoms with E-state index in [0.29, 0.717) is 36.3 Å². The van der Waals surface area contributed by atoms with Crippen LogP contribution in [0.25, 0.3) is 10.7 Å². The van der Waals surface area contributed by atoms with Crippen LogP contribution in [-0.4, -0.2) is 66.4 Å². The minimum absolute atomic E-state index is 0.155. The van der Waals surface area contributed by atoms with Crippen LogP contribution in [-0.2, 0) is 17.5 Å². The zero-order chi connectivity index (χ0) is 25.6. The van der Waals surface area contributed by atoms with Gasteiger partial charge in [0.2, 0.25) is 5.82 Å². The molecule has 4 aromatic rings. The van der Waals surface area contributed by atoms with Crippen LogP contribution >= 0.6 is 11.3 Å². The van der Waals surface area contributed by atoms with Crippen molar-refractivity contribution in [2.24, 2.45) is 0 Å². The summed E-state index contributed by atoms with van der Waals surface area (Å²) in [6.45, 7) is 1.98. The van der Waals surface area contributed by atoms with E-state index in [9.17, 15) is 18.0 Å². The zero-order valence-corrected chi connectivity index (χ0v) is 19.7. The molecule has 11 nitrogen and oxygen atoms in total. The van der Waals surface area contributed by atoms with Gasteiger partial charge in [-0.25, -0.2) is 4.98 Å². The second-order valence-electron chi connectivity index (χ2n) is 8.54. The maximum Gasteiger partial charge on any atom is 0.471 e. The molecule has 0 atom stereocenters. The molecule has 1 spiro atoms. The molecule has 6 rings (SSSR count). The topological polar surface area (TPSA) is 123 Å². The Morgan fingerprint density at radius 3 is 2.59 bits per heavy atom. The summed E-state index contributed by atoms with van der Waals surface area (Å²) in [6.07, 6.45) is 0.789. The number of nitrogens with zero attached hydrogens (tertiary/aromatic N) is 8. The average Bonchev–Trinajstić information content (AvgIpc) is 3.51. The summed E-state index contributed by atoms with van der Waals surface area (Å²) in [5.74, 6) is -0.870. The summed E-state index contributed by atoms with van der Waals surface area (Å²) in [6, 6.07) is 6.63. The highest BCUT2D eigenvalue weighted by Gasteiger charge is 2.53. The number of hydrogen-bond donors (Lipinski definition) is 0. The van der Waals surface area contributed by atoms with Gasteiger partial charge in [-0.3, -0.25) is 9.78 Å². The fourth-order valence-corrected chi connectivity index (χ4v) is 5.03. The van der Waals surface area contributed by atoms with Gasteiger partial charge >= 0.3 is 12.1 Å². The molecule has 2 saturated heterocycles. The number of rotatable bonds is 6. The molecule has 4 aromatic heterocycles. The third-order valence-electron chi connectivity index (χ3n) is 6.20. The van der Waals surface area contributed by atoms with Gasteiger partial charge in [-0.15, -0.1) is 21.5 Å². The average molecular weight is 530 g/mol. The quantitative estimate of drug-likeness (QED) is 0.367. The van der Waals surface area contributed by atoms with Crippen molar-refractivity contribution in [1.29, 1.82) is 0 Å². The predicted octanol–water partition coefficient (Wildman–Crippen LogP) is 3.35. The summed E-state index contributed by atoms with van der Waals surface area (Å²) in [7, 11) is 0. The fourth-order valence-electron chi connectivity index (χ4n) is 4.10. The van der Waals surface area contributed by atoms with Crippen LogP contribution in [0.2, 0.25) is 0 Å². The molecule has 15 heteroatoms. The van der Waals surface area contributed by atoms with Crippen molar-refractivity contribution in [2.75, 3.05) is 24.7 Å². The van der Waals surface area contributed by atoms with Gasteiger partial charge in [0.05, 0.1) is 36.4 Å². The minimum Gasteiger partial charge on any atom is -0.376 e. The van der Waals surface area contributed by atoms with Gasteiger partial charge in [0, 0.05) is 23.8 Å². The second kappa shape index (κ2) is 8.85. The Morgan fingerprint density at radius 2 is 2.00 bits per heavy atom.